The van der Waals surface area contributed by atoms with Crippen molar-refractivity contribution >= 4 is 11.7 Å². The van der Waals surface area contributed by atoms with Gasteiger partial charge in [-0.1, -0.05) is 12.1 Å². The van der Waals surface area contributed by atoms with Gasteiger partial charge in [0.15, 0.2) is 11.7 Å². The Bertz CT molecular complexity index is 1150. The lowest BCUT2D eigenvalue weighted by atomic mass is 10.0. The average Bonchev–Trinajstić information content (AvgIpc) is 2.71. The van der Waals surface area contributed by atoms with Crippen LogP contribution in [0.2, 0.25) is 0 Å². The van der Waals surface area contributed by atoms with Gasteiger partial charge in [-0.05, 0) is 48.4 Å². The molecule has 0 atom stereocenters. The van der Waals surface area contributed by atoms with Gasteiger partial charge in [-0.25, -0.2) is 9.98 Å². The smallest absolute Gasteiger partial charge is 0.406 e. The van der Waals surface area contributed by atoms with Crippen molar-refractivity contribution in [2.45, 2.75) is 19.5 Å². The van der Waals surface area contributed by atoms with Crippen molar-refractivity contribution in [2.24, 2.45) is 4.99 Å². The van der Waals surface area contributed by atoms with E-state index >= 15 is 0 Å². The molecule has 11 heteroatoms. The third kappa shape index (κ3) is 6.21. The quantitative estimate of drug-likeness (QED) is 0.267. The summed E-state index contributed by atoms with van der Waals surface area (Å²) in [6, 6.07) is 8.77. The first-order valence-electron chi connectivity index (χ1n) is 9.46. The van der Waals surface area contributed by atoms with Crippen molar-refractivity contribution < 1.29 is 31.1 Å². The van der Waals surface area contributed by atoms with Crippen LogP contribution >= 0.6 is 0 Å². The Hall–Kier alpha value is -3.63. The summed E-state index contributed by atoms with van der Waals surface area (Å²) in [6.45, 7) is 1.74. The lowest BCUT2D eigenvalue weighted by Crippen LogP contribution is -2.25. The van der Waals surface area contributed by atoms with E-state index in [0.29, 0.717) is 28.2 Å². The summed E-state index contributed by atoms with van der Waals surface area (Å²) in [5.41, 5.74) is 1.44. The number of aliphatic imine (C=N–C) groups is 1. The number of alkyl halides is 6. The van der Waals surface area contributed by atoms with Crippen LogP contribution in [-0.4, -0.2) is 41.2 Å². The number of nitrogens with zero attached hydrogens (tertiary/aromatic N) is 4. The molecule has 0 amide bonds. The first-order chi connectivity index (χ1) is 15.3. The molecule has 0 saturated heterocycles. The summed E-state index contributed by atoms with van der Waals surface area (Å²) >= 11 is 0. The third-order valence-corrected chi connectivity index (χ3v) is 4.43. The van der Waals surface area contributed by atoms with Gasteiger partial charge in [-0.3, -0.25) is 4.98 Å². The van der Waals surface area contributed by atoms with Crippen LogP contribution in [0.5, 0.6) is 5.75 Å². The van der Waals surface area contributed by atoms with Gasteiger partial charge in [0.25, 0.3) is 0 Å². The van der Waals surface area contributed by atoms with E-state index in [2.05, 4.69) is 19.7 Å². The molecule has 2 heterocycles. The number of hydrogen-bond acceptors (Lipinski definition) is 4. The van der Waals surface area contributed by atoms with E-state index in [4.69, 9.17) is 0 Å². The number of aromatic nitrogens is 2. The van der Waals surface area contributed by atoms with E-state index in [1.165, 1.54) is 30.5 Å². The number of rotatable bonds is 4. The van der Waals surface area contributed by atoms with E-state index in [1.807, 2.05) is 0 Å². The average molecular weight is 468 g/mol. The zero-order chi connectivity index (χ0) is 24.4. The van der Waals surface area contributed by atoms with Gasteiger partial charge in [0.2, 0.25) is 0 Å². The van der Waals surface area contributed by atoms with Crippen LogP contribution in [0.3, 0.4) is 0 Å². The minimum atomic E-state index is -4.78. The first-order valence-corrected chi connectivity index (χ1v) is 9.46. The molecule has 0 N–H and O–H groups in total. The van der Waals surface area contributed by atoms with Crippen molar-refractivity contribution in [3.63, 3.8) is 0 Å². The molecular weight excluding hydrogens is 450 g/mol. The second kappa shape index (κ2) is 9.08. The summed E-state index contributed by atoms with van der Waals surface area (Å²) < 4.78 is 79.9. The summed E-state index contributed by atoms with van der Waals surface area (Å²) in [4.78, 5) is 14.1. The lowest BCUT2D eigenvalue weighted by molar-refractivity contribution is -0.274. The van der Waals surface area contributed by atoms with Crippen molar-refractivity contribution in [1.82, 2.24) is 14.9 Å². The normalized spacial score (nSPS) is 12.6. The molecule has 3 aromatic rings. The molecule has 0 unspecified atom stereocenters. The van der Waals surface area contributed by atoms with Crippen molar-refractivity contribution in [3.8, 4) is 16.9 Å². The van der Waals surface area contributed by atoms with Gasteiger partial charge in [0.1, 0.15) is 11.4 Å². The lowest BCUT2D eigenvalue weighted by Gasteiger charge is -2.18. The molecule has 0 radical (unpaired) electrons. The van der Waals surface area contributed by atoms with Crippen LogP contribution in [0.4, 0.5) is 32.2 Å². The summed E-state index contributed by atoms with van der Waals surface area (Å²) in [7, 11) is 3.34. The molecule has 0 spiro atoms. The molecule has 1 aromatic carbocycles. The van der Waals surface area contributed by atoms with Gasteiger partial charge in [-0.15, -0.1) is 13.2 Å². The molecule has 0 aliphatic carbocycles. The Kier molecular flexibility index (Phi) is 6.61. The van der Waals surface area contributed by atoms with Crippen molar-refractivity contribution in [1.29, 1.82) is 0 Å². The number of benzene rings is 1. The van der Waals surface area contributed by atoms with E-state index < -0.39 is 18.1 Å². The van der Waals surface area contributed by atoms with Gasteiger partial charge >= 0.3 is 12.5 Å². The summed E-state index contributed by atoms with van der Waals surface area (Å²) in [5, 5.41) is 0. The predicted molar refractivity (Wildman–Crippen MR) is 110 cm³/mol. The number of ether oxygens (including phenoxy) is 1. The summed E-state index contributed by atoms with van der Waals surface area (Å²) in [5.74, 6) is -0.179. The molecule has 2 aromatic heterocycles. The van der Waals surface area contributed by atoms with Crippen LogP contribution < -0.4 is 4.74 Å². The zero-order valence-electron chi connectivity index (χ0n) is 17.7. The number of halogens is 6. The molecule has 0 aliphatic heterocycles. The van der Waals surface area contributed by atoms with Crippen LogP contribution in [0.15, 0.2) is 59.9 Å². The van der Waals surface area contributed by atoms with Crippen molar-refractivity contribution in [2.75, 3.05) is 14.1 Å². The predicted octanol–water partition coefficient (Wildman–Crippen LogP) is 6.01. The molecule has 5 nitrogen and oxygen atoms in total. The topological polar surface area (TPSA) is 50.6 Å². The molecule has 174 valence electrons. The minimum absolute atomic E-state index is 0.126. The Morgan fingerprint density at radius 2 is 1.58 bits per heavy atom. The highest BCUT2D eigenvalue weighted by atomic mass is 19.4. The van der Waals surface area contributed by atoms with Gasteiger partial charge in [-0.2, -0.15) is 13.2 Å². The highest BCUT2D eigenvalue weighted by Crippen LogP contribution is 2.31. The Morgan fingerprint density at radius 1 is 0.909 bits per heavy atom. The van der Waals surface area contributed by atoms with Gasteiger partial charge < -0.3 is 9.64 Å². The highest BCUT2D eigenvalue weighted by molar-refractivity contribution is 5.99. The largest absolute Gasteiger partial charge is 0.573 e. The fourth-order valence-corrected chi connectivity index (χ4v) is 2.94. The van der Waals surface area contributed by atoms with Crippen LogP contribution in [0, 0.1) is 6.92 Å². The van der Waals surface area contributed by atoms with E-state index in [9.17, 15) is 26.3 Å². The fourth-order valence-electron chi connectivity index (χ4n) is 2.94. The minimum Gasteiger partial charge on any atom is -0.406 e. The van der Waals surface area contributed by atoms with Crippen molar-refractivity contribution in [3.05, 3.63) is 71.7 Å². The molecule has 3 rings (SSSR count). The Labute approximate surface area is 185 Å². The first kappa shape index (κ1) is 24.0. The second-order valence-corrected chi connectivity index (χ2v) is 7.19. The molecule has 33 heavy (non-hydrogen) atoms. The third-order valence-electron chi connectivity index (χ3n) is 4.43. The molecule has 0 fully saturated rings. The zero-order valence-corrected chi connectivity index (χ0v) is 17.7. The van der Waals surface area contributed by atoms with Gasteiger partial charge in [0.05, 0.1) is 5.56 Å². The maximum atomic E-state index is 13.0. The fraction of sp³-hybridized carbons (Fsp3) is 0.227. The Balaban J connectivity index is 1.93. The Morgan fingerprint density at radius 3 is 2.12 bits per heavy atom. The maximum absolute atomic E-state index is 13.0. The molecular formula is C22H18F6N4O. The SMILES string of the molecule is Cc1cc(-c2ccc(OC(F)(F)F)cc2)cnc1/C(=N/c1cc(C(F)(F)F)ccn1)N(C)C. The molecule has 0 bridgehead atoms. The highest BCUT2D eigenvalue weighted by Gasteiger charge is 2.31. The van der Waals surface area contributed by atoms with Crippen LogP contribution in [0.1, 0.15) is 16.8 Å². The van der Waals surface area contributed by atoms with E-state index in [-0.39, 0.29) is 11.6 Å². The van der Waals surface area contributed by atoms with E-state index in [1.54, 1.807) is 32.0 Å². The molecule has 0 saturated carbocycles. The second-order valence-electron chi connectivity index (χ2n) is 7.19. The van der Waals surface area contributed by atoms with Crippen LogP contribution in [-0.2, 0) is 6.18 Å². The molecule has 0 aliphatic rings. The number of hydrogen-bond donors (Lipinski definition) is 0. The van der Waals surface area contributed by atoms with E-state index in [0.717, 1.165) is 18.3 Å². The summed E-state index contributed by atoms with van der Waals surface area (Å²) in [6.07, 6.45) is -6.77. The number of pyridine rings is 2. The van der Waals surface area contributed by atoms with Crippen LogP contribution in [0.25, 0.3) is 11.1 Å². The monoisotopic (exact) mass is 468 g/mol. The number of amidine groups is 1. The number of aryl methyl sites for hydroxylation is 1. The maximum Gasteiger partial charge on any atom is 0.573 e. The standard InChI is InChI=1S/C22H18F6N4O/c1-13-10-15(14-4-6-17(7-5-14)33-22(26,27)28)12-30-19(13)20(32(2)3)31-18-11-16(8-9-29-18)21(23,24)25/h4-12H,1-3H3/b31-20-. The van der Waals surface area contributed by atoms with Gasteiger partial charge in [0, 0.05) is 32.1 Å².